The molecule has 0 atom stereocenters. The van der Waals surface area contributed by atoms with Crippen molar-refractivity contribution in [1.29, 1.82) is 0 Å². The summed E-state index contributed by atoms with van der Waals surface area (Å²) in [6, 6.07) is 5.94. The Balaban J connectivity index is 2.97. The molecule has 0 saturated carbocycles. The molecule has 1 heterocycles. The molecule has 4 heteroatoms. The third kappa shape index (κ3) is 1.67. The Kier molecular flexibility index (Phi) is 2.72. The summed E-state index contributed by atoms with van der Waals surface area (Å²) in [6.45, 7) is 0. The van der Waals surface area contributed by atoms with Crippen molar-refractivity contribution in [2.45, 2.75) is 0 Å². The fourth-order valence-electron chi connectivity index (χ4n) is 1.14. The Bertz CT molecular complexity index is 468. The van der Waals surface area contributed by atoms with Gasteiger partial charge in [0.05, 0.1) is 5.52 Å². The molecule has 1 nitrogen and oxygen atoms in total. The zero-order chi connectivity index (χ0) is 9.42. The summed E-state index contributed by atoms with van der Waals surface area (Å²) in [6.07, 6.45) is 1.79. The summed E-state index contributed by atoms with van der Waals surface area (Å²) < 4.78 is 3.07. The molecule has 0 amide bonds. The Morgan fingerprint density at radius 3 is 2.62 bits per heavy atom. The van der Waals surface area contributed by atoms with Gasteiger partial charge in [0.1, 0.15) is 0 Å². The van der Waals surface area contributed by atoms with E-state index in [0.29, 0.717) is 0 Å². The number of fused-ring (bicyclic) bond motifs is 1. The minimum atomic E-state index is 0.970. The van der Waals surface area contributed by atoms with E-state index in [0.717, 1.165) is 24.3 Å². The average molecular weight is 366 g/mol. The van der Waals surface area contributed by atoms with Gasteiger partial charge in [0.15, 0.2) is 0 Å². The van der Waals surface area contributed by atoms with Crippen LogP contribution in [0.4, 0.5) is 0 Å². The summed E-state index contributed by atoms with van der Waals surface area (Å²) in [4.78, 5) is 4.28. The van der Waals surface area contributed by atoms with Gasteiger partial charge in [0.25, 0.3) is 0 Å². The van der Waals surface area contributed by atoms with Crippen molar-refractivity contribution < 1.29 is 0 Å². The molecule has 2 aromatic rings. The summed E-state index contributed by atoms with van der Waals surface area (Å²) in [5, 5.41) is 1.10. The number of hydrogen-bond acceptors (Lipinski definition) is 1. The molecule has 0 unspecified atom stereocenters. The zero-order valence-electron chi connectivity index (χ0n) is 6.39. The van der Waals surface area contributed by atoms with E-state index in [2.05, 4.69) is 52.8 Å². The predicted octanol–water partition coefficient (Wildman–Crippen LogP) is 4.52. The van der Waals surface area contributed by atoms with Crippen LogP contribution in [0.3, 0.4) is 0 Å². The van der Waals surface area contributed by atoms with E-state index in [4.69, 9.17) is 0 Å². The second-order valence-electron chi connectivity index (χ2n) is 2.55. The molecule has 0 aliphatic heterocycles. The quantitative estimate of drug-likeness (QED) is 0.625. The molecule has 0 bridgehead atoms. The van der Waals surface area contributed by atoms with Crippen molar-refractivity contribution in [3.05, 3.63) is 37.8 Å². The highest BCUT2D eigenvalue weighted by Crippen LogP contribution is 2.34. The van der Waals surface area contributed by atoms with Gasteiger partial charge in [-0.1, -0.05) is 6.07 Å². The van der Waals surface area contributed by atoms with Gasteiger partial charge in [0.2, 0.25) is 0 Å². The highest BCUT2D eigenvalue weighted by molar-refractivity contribution is 9.13. The van der Waals surface area contributed by atoms with Gasteiger partial charge in [-0.05, 0) is 59.9 Å². The molecule has 0 aliphatic carbocycles. The Morgan fingerprint density at radius 2 is 1.85 bits per heavy atom. The fraction of sp³-hybridized carbons (Fsp3) is 0. The van der Waals surface area contributed by atoms with Crippen LogP contribution >= 0.6 is 47.8 Å². The first-order chi connectivity index (χ1) is 6.20. The van der Waals surface area contributed by atoms with E-state index in [1.807, 2.05) is 18.2 Å². The molecule has 66 valence electrons. The minimum absolute atomic E-state index is 0.970. The van der Waals surface area contributed by atoms with Crippen LogP contribution in [0.2, 0.25) is 0 Å². The lowest BCUT2D eigenvalue weighted by Crippen LogP contribution is -1.82. The number of halogens is 3. The van der Waals surface area contributed by atoms with E-state index >= 15 is 0 Å². The van der Waals surface area contributed by atoms with Crippen LogP contribution < -0.4 is 0 Å². The van der Waals surface area contributed by atoms with Gasteiger partial charge in [0, 0.05) is 25.0 Å². The van der Waals surface area contributed by atoms with Gasteiger partial charge in [-0.25, -0.2) is 0 Å². The molecule has 1 aromatic carbocycles. The summed E-state index contributed by atoms with van der Waals surface area (Å²) in [5.41, 5.74) is 0.970. The first-order valence-corrected chi connectivity index (χ1v) is 5.96. The van der Waals surface area contributed by atoms with Gasteiger partial charge < -0.3 is 0 Å². The van der Waals surface area contributed by atoms with Crippen LogP contribution in [0, 0.1) is 0 Å². The standard InChI is InChI=1S/C9H4Br3N/c10-6-4-7(11)9-5(8(6)12)2-1-3-13-9/h1-4H. The molecule has 2 rings (SSSR count). The maximum Gasteiger partial charge on any atom is 0.0856 e. The average Bonchev–Trinajstić information content (AvgIpc) is 2.15. The Hall–Kier alpha value is 0.0700. The molecule has 0 radical (unpaired) electrons. The van der Waals surface area contributed by atoms with Crippen LogP contribution in [-0.4, -0.2) is 4.98 Å². The highest BCUT2D eigenvalue weighted by atomic mass is 79.9. The van der Waals surface area contributed by atoms with Gasteiger partial charge in [-0.3, -0.25) is 4.98 Å². The van der Waals surface area contributed by atoms with Crippen LogP contribution in [-0.2, 0) is 0 Å². The number of nitrogens with zero attached hydrogens (tertiary/aromatic N) is 1. The maximum atomic E-state index is 4.28. The van der Waals surface area contributed by atoms with Gasteiger partial charge in [-0.2, -0.15) is 0 Å². The summed E-state index contributed by atoms with van der Waals surface area (Å²) in [7, 11) is 0. The van der Waals surface area contributed by atoms with Crippen molar-refractivity contribution in [3.63, 3.8) is 0 Å². The van der Waals surface area contributed by atoms with E-state index < -0.39 is 0 Å². The number of rotatable bonds is 0. The summed E-state index contributed by atoms with van der Waals surface area (Å²) in [5.74, 6) is 0. The lowest BCUT2D eigenvalue weighted by atomic mass is 10.2. The van der Waals surface area contributed by atoms with E-state index in [9.17, 15) is 0 Å². The number of pyridine rings is 1. The summed E-state index contributed by atoms with van der Waals surface area (Å²) >= 11 is 10.4. The normalized spacial score (nSPS) is 10.7. The predicted molar refractivity (Wildman–Crippen MR) is 64.8 cm³/mol. The molecule has 0 spiro atoms. The molecule has 0 fully saturated rings. The van der Waals surface area contributed by atoms with Crippen molar-refractivity contribution in [3.8, 4) is 0 Å². The number of benzene rings is 1. The van der Waals surface area contributed by atoms with Crippen molar-refractivity contribution in [2.75, 3.05) is 0 Å². The Morgan fingerprint density at radius 1 is 1.08 bits per heavy atom. The molecule has 13 heavy (non-hydrogen) atoms. The van der Waals surface area contributed by atoms with Gasteiger partial charge >= 0.3 is 0 Å². The van der Waals surface area contributed by atoms with Crippen molar-refractivity contribution in [2.24, 2.45) is 0 Å². The fourth-order valence-corrected chi connectivity index (χ4v) is 2.87. The molecule has 0 aliphatic rings. The first-order valence-electron chi connectivity index (χ1n) is 3.58. The zero-order valence-corrected chi connectivity index (χ0v) is 11.1. The van der Waals surface area contributed by atoms with Gasteiger partial charge in [-0.15, -0.1) is 0 Å². The lowest BCUT2D eigenvalue weighted by molar-refractivity contribution is 1.39. The van der Waals surface area contributed by atoms with Crippen molar-refractivity contribution in [1.82, 2.24) is 4.98 Å². The van der Waals surface area contributed by atoms with Crippen LogP contribution in [0.15, 0.2) is 37.8 Å². The minimum Gasteiger partial charge on any atom is -0.255 e. The number of hydrogen-bond donors (Lipinski definition) is 0. The smallest absolute Gasteiger partial charge is 0.0856 e. The molecule has 1 aromatic heterocycles. The van der Waals surface area contributed by atoms with Crippen molar-refractivity contribution >= 4 is 58.7 Å². The first kappa shape index (κ1) is 9.62. The van der Waals surface area contributed by atoms with E-state index in [-0.39, 0.29) is 0 Å². The second kappa shape index (κ2) is 3.67. The molecule has 0 N–H and O–H groups in total. The van der Waals surface area contributed by atoms with E-state index in [1.54, 1.807) is 6.20 Å². The number of aromatic nitrogens is 1. The van der Waals surface area contributed by atoms with Crippen LogP contribution in [0.25, 0.3) is 10.9 Å². The van der Waals surface area contributed by atoms with Crippen LogP contribution in [0.5, 0.6) is 0 Å². The third-order valence-electron chi connectivity index (χ3n) is 1.73. The SMILES string of the molecule is Brc1cc(Br)c2ncccc2c1Br. The molecule has 0 saturated heterocycles. The topological polar surface area (TPSA) is 12.9 Å². The molecular weight excluding hydrogens is 362 g/mol. The molecular formula is C9H4Br3N. The largest absolute Gasteiger partial charge is 0.255 e. The Labute approximate surface area is 101 Å². The highest BCUT2D eigenvalue weighted by Gasteiger charge is 2.06. The van der Waals surface area contributed by atoms with E-state index in [1.165, 1.54) is 0 Å². The van der Waals surface area contributed by atoms with Crippen LogP contribution in [0.1, 0.15) is 0 Å². The monoisotopic (exact) mass is 363 g/mol. The third-order valence-corrected chi connectivity index (χ3v) is 4.35. The maximum absolute atomic E-state index is 4.28. The lowest BCUT2D eigenvalue weighted by Gasteiger charge is -2.03. The second-order valence-corrected chi connectivity index (χ2v) is 5.06.